The molecule has 0 aromatic carbocycles. The van der Waals surface area contributed by atoms with Crippen molar-refractivity contribution >= 4 is 11.9 Å². The van der Waals surface area contributed by atoms with Crippen molar-refractivity contribution in [2.24, 2.45) is 23.7 Å². The number of rotatable bonds is 3. The summed E-state index contributed by atoms with van der Waals surface area (Å²) in [5.41, 5.74) is -0.325. The van der Waals surface area contributed by atoms with Gasteiger partial charge in [-0.3, -0.25) is 0 Å². The van der Waals surface area contributed by atoms with Gasteiger partial charge < -0.3 is 9.84 Å². The van der Waals surface area contributed by atoms with Gasteiger partial charge in [-0.1, -0.05) is 6.92 Å². The van der Waals surface area contributed by atoms with E-state index in [1.807, 2.05) is 0 Å². The van der Waals surface area contributed by atoms with Gasteiger partial charge in [-0.15, -0.1) is 0 Å². The van der Waals surface area contributed by atoms with Crippen LogP contribution in [0, 0.1) is 23.7 Å². The highest BCUT2D eigenvalue weighted by Crippen LogP contribution is 2.59. The van der Waals surface area contributed by atoms with Gasteiger partial charge in [-0.05, 0) is 55.8 Å². The van der Waals surface area contributed by atoms with Crippen LogP contribution < -0.4 is 0 Å². The van der Waals surface area contributed by atoms with Crippen LogP contribution in [0.4, 0.5) is 0 Å². The molecule has 4 fully saturated rings. The number of carboxylic acid groups (broad SMARTS) is 1. The van der Waals surface area contributed by atoms with Gasteiger partial charge in [0.05, 0.1) is 0 Å². The molecule has 0 aromatic rings. The second kappa shape index (κ2) is 4.36. The van der Waals surface area contributed by atoms with Crippen molar-refractivity contribution in [2.75, 3.05) is 0 Å². The molecule has 0 radical (unpaired) electrons. The van der Waals surface area contributed by atoms with E-state index in [1.54, 1.807) is 0 Å². The van der Waals surface area contributed by atoms with E-state index in [-0.39, 0.29) is 5.60 Å². The fraction of sp³-hybridized carbons (Fsp3) is 0.733. The minimum atomic E-state index is -1.12. The van der Waals surface area contributed by atoms with Crippen molar-refractivity contribution in [1.29, 1.82) is 0 Å². The van der Waals surface area contributed by atoms with Gasteiger partial charge in [-0.25, -0.2) is 9.59 Å². The summed E-state index contributed by atoms with van der Waals surface area (Å²) < 4.78 is 5.72. The number of hydrogen-bond acceptors (Lipinski definition) is 3. The van der Waals surface area contributed by atoms with Crippen LogP contribution in [0.5, 0.6) is 0 Å². The molecule has 4 bridgehead atoms. The Bertz CT molecular complexity index is 425. The summed E-state index contributed by atoms with van der Waals surface area (Å²) in [6, 6.07) is 0. The lowest BCUT2D eigenvalue weighted by atomic mass is 9.50. The zero-order chi connectivity index (χ0) is 13.6. The normalized spacial score (nSPS) is 43.6. The topological polar surface area (TPSA) is 63.6 Å². The van der Waals surface area contributed by atoms with Gasteiger partial charge in [0.1, 0.15) is 5.60 Å². The second-order valence-corrected chi connectivity index (χ2v) is 6.55. The van der Waals surface area contributed by atoms with Gasteiger partial charge in [0, 0.05) is 12.2 Å². The van der Waals surface area contributed by atoms with Gasteiger partial charge in [-0.2, -0.15) is 0 Å². The first-order valence-corrected chi connectivity index (χ1v) is 7.12. The molecular weight excluding hydrogens is 244 g/mol. The third kappa shape index (κ3) is 2.17. The fourth-order valence-electron chi connectivity index (χ4n) is 4.77. The van der Waals surface area contributed by atoms with Crippen molar-refractivity contribution < 1.29 is 19.4 Å². The highest BCUT2D eigenvalue weighted by molar-refractivity contribution is 5.90. The zero-order valence-corrected chi connectivity index (χ0v) is 11.2. The summed E-state index contributed by atoms with van der Waals surface area (Å²) in [4.78, 5) is 22.2. The Morgan fingerprint density at radius 1 is 1.16 bits per heavy atom. The second-order valence-electron chi connectivity index (χ2n) is 6.55. The molecule has 0 aliphatic heterocycles. The van der Waals surface area contributed by atoms with E-state index in [1.165, 1.54) is 19.3 Å². The van der Waals surface area contributed by atoms with Crippen LogP contribution in [0.3, 0.4) is 0 Å². The largest absolute Gasteiger partial charge is 0.478 e. The van der Waals surface area contributed by atoms with Crippen LogP contribution in [-0.4, -0.2) is 22.6 Å². The molecule has 1 N–H and O–H groups in total. The molecule has 0 heterocycles. The molecule has 3 atom stereocenters. The lowest BCUT2D eigenvalue weighted by Gasteiger charge is -2.59. The Kier molecular flexibility index (Phi) is 2.91. The van der Waals surface area contributed by atoms with Gasteiger partial charge in [0.2, 0.25) is 0 Å². The van der Waals surface area contributed by atoms with Gasteiger partial charge >= 0.3 is 11.9 Å². The lowest BCUT2D eigenvalue weighted by Crippen LogP contribution is -2.58. The van der Waals surface area contributed by atoms with Crippen molar-refractivity contribution in [3.05, 3.63) is 12.2 Å². The Morgan fingerprint density at radius 2 is 1.79 bits per heavy atom. The SMILES string of the molecule is CC1C2CC3CC(C2)CC1(OC(=O)C=CC(=O)O)C3. The molecule has 19 heavy (non-hydrogen) atoms. The van der Waals surface area contributed by atoms with E-state index in [0.717, 1.165) is 25.0 Å². The Balaban J connectivity index is 1.75. The Labute approximate surface area is 112 Å². The molecule has 0 amide bonds. The molecule has 4 saturated carbocycles. The van der Waals surface area contributed by atoms with Crippen LogP contribution in [0.1, 0.15) is 39.0 Å². The summed E-state index contributed by atoms with van der Waals surface area (Å²) >= 11 is 0. The standard InChI is InChI=1S/C15H20O4/c1-9-12-5-10-4-11(6-12)8-15(9,7-10)19-14(18)3-2-13(16)17/h2-3,9-12H,4-8H2,1H3,(H,16,17). The molecule has 0 saturated heterocycles. The molecule has 4 nitrogen and oxygen atoms in total. The number of ether oxygens (including phenoxy) is 1. The molecule has 0 aromatic heterocycles. The highest BCUT2D eigenvalue weighted by Gasteiger charge is 2.57. The monoisotopic (exact) mass is 264 g/mol. The number of aliphatic carboxylic acids is 1. The summed E-state index contributed by atoms with van der Waals surface area (Å²) in [7, 11) is 0. The average molecular weight is 264 g/mol. The summed E-state index contributed by atoms with van der Waals surface area (Å²) in [6.07, 6.45) is 7.67. The fourth-order valence-corrected chi connectivity index (χ4v) is 4.77. The summed E-state index contributed by atoms with van der Waals surface area (Å²) in [5.74, 6) is 0.867. The Hall–Kier alpha value is -1.32. The van der Waals surface area contributed by atoms with Crippen molar-refractivity contribution in [3.8, 4) is 0 Å². The number of carbonyl (C=O) groups is 2. The molecule has 104 valence electrons. The maximum absolute atomic E-state index is 11.8. The third-order valence-corrected chi connectivity index (χ3v) is 5.41. The van der Waals surface area contributed by atoms with Crippen LogP contribution >= 0.6 is 0 Å². The van der Waals surface area contributed by atoms with E-state index in [9.17, 15) is 9.59 Å². The van der Waals surface area contributed by atoms with E-state index in [0.29, 0.717) is 23.7 Å². The predicted octanol–water partition coefficient (Wildman–Crippen LogP) is 2.39. The molecule has 3 unspecified atom stereocenters. The smallest absolute Gasteiger partial charge is 0.331 e. The van der Waals surface area contributed by atoms with Gasteiger partial charge in [0.15, 0.2) is 0 Å². The van der Waals surface area contributed by atoms with Crippen LogP contribution in [0.25, 0.3) is 0 Å². The van der Waals surface area contributed by atoms with E-state index in [2.05, 4.69) is 6.92 Å². The summed E-state index contributed by atoms with van der Waals surface area (Å²) in [5, 5.41) is 8.55. The van der Waals surface area contributed by atoms with Gasteiger partial charge in [0.25, 0.3) is 0 Å². The first-order chi connectivity index (χ1) is 8.98. The molecule has 4 aliphatic rings. The van der Waals surface area contributed by atoms with Crippen LogP contribution in [0.15, 0.2) is 12.2 Å². The molecule has 4 heteroatoms. The maximum Gasteiger partial charge on any atom is 0.331 e. The first-order valence-electron chi connectivity index (χ1n) is 7.12. The van der Waals surface area contributed by atoms with E-state index >= 15 is 0 Å². The Morgan fingerprint density at radius 3 is 2.37 bits per heavy atom. The third-order valence-electron chi connectivity index (χ3n) is 5.41. The lowest BCUT2D eigenvalue weighted by molar-refractivity contribution is -0.200. The number of hydrogen-bond donors (Lipinski definition) is 1. The minimum Gasteiger partial charge on any atom is -0.478 e. The zero-order valence-electron chi connectivity index (χ0n) is 11.2. The van der Waals surface area contributed by atoms with Crippen LogP contribution in [-0.2, 0) is 14.3 Å². The number of carboxylic acids is 1. The molecule has 0 spiro atoms. The average Bonchev–Trinajstić information content (AvgIpc) is 2.32. The maximum atomic E-state index is 11.8. The minimum absolute atomic E-state index is 0.325. The molecule has 4 aliphatic carbocycles. The van der Waals surface area contributed by atoms with Crippen molar-refractivity contribution in [3.63, 3.8) is 0 Å². The van der Waals surface area contributed by atoms with Crippen molar-refractivity contribution in [1.82, 2.24) is 0 Å². The number of esters is 1. The molecular formula is C15H20O4. The molecule has 4 rings (SSSR count). The highest BCUT2D eigenvalue weighted by atomic mass is 16.6. The van der Waals surface area contributed by atoms with Crippen LogP contribution in [0.2, 0.25) is 0 Å². The summed E-state index contributed by atoms with van der Waals surface area (Å²) in [6.45, 7) is 2.19. The van der Waals surface area contributed by atoms with E-state index in [4.69, 9.17) is 9.84 Å². The predicted molar refractivity (Wildman–Crippen MR) is 68.3 cm³/mol. The quantitative estimate of drug-likeness (QED) is 0.628. The van der Waals surface area contributed by atoms with Crippen molar-refractivity contribution in [2.45, 2.75) is 44.6 Å². The first kappa shape index (κ1) is 12.7. The number of carbonyl (C=O) groups excluding carboxylic acids is 1. The van der Waals surface area contributed by atoms with E-state index < -0.39 is 11.9 Å².